The van der Waals surface area contributed by atoms with E-state index >= 15 is 0 Å². The molecule has 0 aliphatic carbocycles. The van der Waals surface area contributed by atoms with Gasteiger partial charge in [-0.1, -0.05) is 19.0 Å². The first-order valence-corrected chi connectivity index (χ1v) is 4.51. The van der Waals surface area contributed by atoms with Gasteiger partial charge in [-0.25, -0.2) is 0 Å². The van der Waals surface area contributed by atoms with Gasteiger partial charge in [0.25, 0.3) is 0 Å². The maximum Gasteiger partial charge on any atom is 0.226 e. The second-order valence-electron chi connectivity index (χ2n) is 4.33. The molecule has 4 heteroatoms. The third-order valence-electron chi connectivity index (χ3n) is 1.63. The summed E-state index contributed by atoms with van der Waals surface area (Å²) in [7, 11) is 0. The number of hydrogen-bond acceptors (Lipinski definition) is 4. The van der Waals surface area contributed by atoms with Crippen LogP contribution in [0.1, 0.15) is 39.4 Å². The highest BCUT2D eigenvalue weighted by atomic mass is 16.5. The highest BCUT2D eigenvalue weighted by Crippen LogP contribution is 2.14. The van der Waals surface area contributed by atoms with Crippen molar-refractivity contribution in [1.82, 2.24) is 10.1 Å². The number of hydrogen-bond donors (Lipinski definition) is 1. The van der Waals surface area contributed by atoms with Crippen molar-refractivity contribution in [3.8, 4) is 0 Å². The molecule has 0 saturated carbocycles. The van der Waals surface area contributed by atoms with Crippen LogP contribution in [0.3, 0.4) is 0 Å². The van der Waals surface area contributed by atoms with Gasteiger partial charge in [0.1, 0.15) is 0 Å². The predicted molar refractivity (Wildman–Crippen MR) is 50.1 cm³/mol. The van der Waals surface area contributed by atoms with Crippen LogP contribution in [-0.4, -0.2) is 10.1 Å². The van der Waals surface area contributed by atoms with E-state index in [0.29, 0.717) is 17.6 Å². The fourth-order valence-corrected chi connectivity index (χ4v) is 0.949. The summed E-state index contributed by atoms with van der Waals surface area (Å²) in [6.07, 6.45) is 0.809. The largest absolute Gasteiger partial charge is 0.339 e. The van der Waals surface area contributed by atoms with Crippen LogP contribution < -0.4 is 5.73 Å². The maximum absolute atomic E-state index is 5.82. The lowest BCUT2D eigenvalue weighted by molar-refractivity contribution is 0.349. The Labute approximate surface area is 78.5 Å². The summed E-state index contributed by atoms with van der Waals surface area (Å²) in [5, 5.41) is 3.83. The Balaban J connectivity index is 2.75. The molecule has 0 bridgehead atoms. The fraction of sp³-hybridized carbons (Fsp3) is 0.778. The minimum atomic E-state index is -0.515. The zero-order chi connectivity index (χ0) is 10.1. The molecule has 4 nitrogen and oxygen atoms in total. The molecule has 0 saturated heterocycles. The molecule has 1 heterocycles. The van der Waals surface area contributed by atoms with Gasteiger partial charge in [-0.05, 0) is 19.8 Å². The zero-order valence-corrected chi connectivity index (χ0v) is 8.66. The summed E-state index contributed by atoms with van der Waals surface area (Å²) in [6, 6.07) is 0. The topological polar surface area (TPSA) is 64.9 Å². The average molecular weight is 183 g/mol. The van der Waals surface area contributed by atoms with E-state index in [-0.39, 0.29) is 0 Å². The smallest absolute Gasteiger partial charge is 0.226 e. The lowest BCUT2D eigenvalue weighted by Crippen LogP contribution is -2.30. The lowest BCUT2D eigenvalue weighted by Gasteiger charge is -2.11. The second-order valence-corrected chi connectivity index (χ2v) is 4.33. The predicted octanol–water partition coefficient (Wildman–Crippen LogP) is 1.46. The third-order valence-corrected chi connectivity index (χ3v) is 1.63. The molecular formula is C9H17N3O. The molecule has 0 spiro atoms. The molecule has 0 unspecified atom stereocenters. The third kappa shape index (κ3) is 2.81. The molecule has 0 aliphatic rings. The van der Waals surface area contributed by atoms with E-state index in [9.17, 15) is 0 Å². The molecule has 0 radical (unpaired) electrons. The summed E-state index contributed by atoms with van der Waals surface area (Å²) < 4.78 is 5.06. The highest BCUT2D eigenvalue weighted by Gasteiger charge is 2.21. The van der Waals surface area contributed by atoms with Gasteiger partial charge in [0.15, 0.2) is 5.82 Å². The first kappa shape index (κ1) is 10.2. The number of rotatable bonds is 3. The second kappa shape index (κ2) is 3.46. The minimum absolute atomic E-state index is 0.515. The molecule has 2 N–H and O–H groups in total. The van der Waals surface area contributed by atoms with Crippen LogP contribution in [0.4, 0.5) is 0 Å². The molecule has 0 aromatic carbocycles. The van der Waals surface area contributed by atoms with Crippen molar-refractivity contribution in [2.24, 2.45) is 11.7 Å². The molecule has 0 fully saturated rings. The average Bonchev–Trinajstić information content (AvgIpc) is 2.32. The van der Waals surface area contributed by atoms with E-state index in [1.54, 1.807) is 0 Å². The minimum Gasteiger partial charge on any atom is -0.339 e. The first-order valence-electron chi connectivity index (χ1n) is 4.51. The van der Waals surface area contributed by atoms with Crippen LogP contribution in [0.25, 0.3) is 0 Å². The van der Waals surface area contributed by atoms with Gasteiger partial charge in [-0.2, -0.15) is 4.98 Å². The summed E-state index contributed by atoms with van der Waals surface area (Å²) in [4.78, 5) is 4.22. The maximum atomic E-state index is 5.82. The Kier molecular flexibility index (Phi) is 2.71. The Hall–Kier alpha value is -0.900. The Morgan fingerprint density at radius 1 is 1.46 bits per heavy atom. The zero-order valence-electron chi connectivity index (χ0n) is 8.66. The Morgan fingerprint density at radius 3 is 2.46 bits per heavy atom. The Morgan fingerprint density at radius 2 is 2.08 bits per heavy atom. The first-order chi connectivity index (χ1) is 5.89. The van der Waals surface area contributed by atoms with E-state index in [2.05, 4.69) is 24.0 Å². The lowest BCUT2D eigenvalue weighted by atomic mass is 10.1. The molecule has 1 aromatic heterocycles. The van der Waals surface area contributed by atoms with Crippen molar-refractivity contribution in [3.05, 3.63) is 11.7 Å². The van der Waals surface area contributed by atoms with E-state index in [4.69, 9.17) is 10.3 Å². The normalized spacial score (nSPS) is 12.5. The van der Waals surface area contributed by atoms with E-state index in [1.807, 2.05) is 13.8 Å². The van der Waals surface area contributed by atoms with Crippen LogP contribution >= 0.6 is 0 Å². The molecule has 0 amide bonds. The standard InChI is InChI=1S/C9H17N3O/c1-6(2)5-7-11-8(12-13-7)9(3,4)10/h6H,5,10H2,1-4H3. The van der Waals surface area contributed by atoms with Crippen LogP contribution in [0.5, 0.6) is 0 Å². The van der Waals surface area contributed by atoms with E-state index in [0.717, 1.165) is 6.42 Å². The van der Waals surface area contributed by atoms with Gasteiger partial charge in [0.05, 0.1) is 5.54 Å². The van der Waals surface area contributed by atoms with Gasteiger partial charge in [0, 0.05) is 6.42 Å². The van der Waals surface area contributed by atoms with Crippen molar-refractivity contribution in [2.75, 3.05) is 0 Å². The van der Waals surface area contributed by atoms with Crippen molar-refractivity contribution < 1.29 is 4.52 Å². The molecule has 1 rings (SSSR count). The van der Waals surface area contributed by atoms with Crippen molar-refractivity contribution >= 4 is 0 Å². The van der Waals surface area contributed by atoms with Gasteiger partial charge in [-0.15, -0.1) is 0 Å². The summed E-state index contributed by atoms with van der Waals surface area (Å²) in [6.45, 7) is 7.93. The van der Waals surface area contributed by atoms with Crippen LogP contribution in [-0.2, 0) is 12.0 Å². The molecule has 74 valence electrons. The van der Waals surface area contributed by atoms with Crippen molar-refractivity contribution in [2.45, 2.75) is 39.7 Å². The summed E-state index contributed by atoms with van der Waals surface area (Å²) in [5.41, 5.74) is 5.30. The van der Waals surface area contributed by atoms with Crippen molar-refractivity contribution in [3.63, 3.8) is 0 Å². The van der Waals surface area contributed by atoms with Crippen LogP contribution in [0.2, 0.25) is 0 Å². The van der Waals surface area contributed by atoms with E-state index in [1.165, 1.54) is 0 Å². The Bertz CT molecular complexity index is 273. The molecule has 1 aromatic rings. The van der Waals surface area contributed by atoms with E-state index < -0.39 is 5.54 Å². The monoisotopic (exact) mass is 183 g/mol. The van der Waals surface area contributed by atoms with Crippen LogP contribution in [0, 0.1) is 5.92 Å². The summed E-state index contributed by atoms with van der Waals surface area (Å²) in [5.74, 6) is 1.76. The molecule has 13 heavy (non-hydrogen) atoms. The highest BCUT2D eigenvalue weighted by molar-refractivity contribution is 4.99. The van der Waals surface area contributed by atoms with Gasteiger partial charge >= 0.3 is 0 Å². The quantitative estimate of drug-likeness (QED) is 0.770. The van der Waals surface area contributed by atoms with Crippen LogP contribution in [0.15, 0.2) is 4.52 Å². The SMILES string of the molecule is CC(C)Cc1nc(C(C)(C)N)no1. The van der Waals surface area contributed by atoms with Gasteiger partial charge in [0.2, 0.25) is 5.89 Å². The fourth-order valence-electron chi connectivity index (χ4n) is 0.949. The number of nitrogens with two attached hydrogens (primary N) is 1. The molecule has 0 atom stereocenters. The molecule has 0 aliphatic heterocycles. The molecular weight excluding hydrogens is 166 g/mol. The number of aromatic nitrogens is 2. The van der Waals surface area contributed by atoms with Gasteiger partial charge in [-0.3, -0.25) is 0 Å². The van der Waals surface area contributed by atoms with Crippen molar-refractivity contribution in [1.29, 1.82) is 0 Å². The van der Waals surface area contributed by atoms with Gasteiger partial charge < -0.3 is 10.3 Å². The number of nitrogens with zero attached hydrogens (tertiary/aromatic N) is 2. The summed E-state index contributed by atoms with van der Waals surface area (Å²) >= 11 is 0.